The lowest BCUT2D eigenvalue weighted by Gasteiger charge is -2.32. The summed E-state index contributed by atoms with van der Waals surface area (Å²) >= 11 is 0. The number of piperidine rings is 1. The van der Waals surface area contributed by atoms with Crippen LogP contribution in [0.5, 0.6) is 0 Å². The van der Waals surface area contributed by atoms with Crippen molar-refractivity contribution in [2.75, 3.05) is 20.1 Å². The summed E-state index contributed by atoms with van der Waals surface area (Å²) in [6.07, 6.45) is 6.85. The standard InChI is InChI=1S/C33H38N2O2/c1-34-23-30-21-28(13-12-27(30)14-15-32(34)31-10-6-5-9-29(31)24-36)33(37)16-11-25-17-19-35(20-18-25)22-26-7-3-2-4-8-26/h2-10,12-13,21,24-25,32H,11,14-20,22-23H2,1H3. The van der Waals surface area contributed by atoms with Crippen LogP contribution in [0.15, 0.2) is 72.8 Å². The van der Waals surface area contributed by atoms with Gasteiger partial charge in [-0.2, -0.15) is 0 Å². The van der Waals surface area contributed by atoms with E-state index in [0.717, 1.165) is 68.4 Å². The molecular formula is C33H38N2O2. The van der Waals surface area contributed by atoms with Gasteiger partial charge >= 0.3 is 0 Å². The molecule has 0 aromatic heterocycles. The van der Waals surface area contributed by atoms with Crippen LogP contribution in [0.3, 0.4) is 0 Å². The van der Waals surface area contributed by atoms with E-state index in [1.54, 1.807) is 0 Å². The molecule has 1 unspecified atom stereocenters. The number of aldehydes is 1. The highest BCUT2D eigenvalue weighted by Crippen LogP contribution is 2.33. The van der Waals surface area contributed by atoms with Gasteiger partial charge in [-0.15, -0.1) is 0 Å². The molecule has 4 nitrogen and oxygen atoms in total. The predicted octanol–water partition coefficient (Wildman–Crippen LogP) is 6.49. The Morgan fingerprint density at radius 3 is 2.46 bits per heavy atom. The van der Waals surface area contributed by atoms with Crippen LogP contribution in [0.1, 0.15) is 81.1 Å². The lowest BCUT2D eigenvalue weighted by molar-refractivity contribution is 0.0960. The van der Waals surface area contributed by atoms with Gasteiger partial charge in [0.15, 0.2) is 5.78 Å². The Kier molecular flexibility index (Phi) is 8.28. The minimum absolute atomic E-state index is 0.195. The van der Waals surface area contributed by atoms with E-state index >= 15 is 0 Å². The third-order valence-electron chi connectivity index (χ3n) is 8.38. The van der Waals surface area contributed by atoms with Crippen LogP contribution < -0.4 is 0 Å². The van der Waals surface area contributed by atoms with Gasteiger partial charge in [-0.05, 0) is 86.5 Å². The molecule has 0 saturated carbocycles. The molecule has 3 aromatic carbocycles. The Hall–Kier alpha value is -3.08. The van der Waals surface area contributed by atoms with Crippen LogP contribution in [0.4, 0.5) is 0 Å². The molecule has 0 amide bonds. The summed E-state index contributed by atoms with van der Waals surface area (Å²) in [6.45, 7) is 4.05. The summed E-state index contributed by atoms with van der Waals surface area (Å²) in [5.74, 6) is 0.908. The monoisotopic (exact) mass is 494 g/mol. The van der Waals surface area contributed by atoms with Crippen LogP contribution in [0, 0.1) is 5.92 Å². The fourth-order valence-corrected chi connectivity index (χ4v) is 6.15. The molecule has 2 aliphatic rings. The van der Waals surface area contributed by atoms with Gasteiger partial charge in [-0.1, -0.05) is 66.7 Å². The summed E-state index contributed by atoms with van der Waals surface area (Å²) in [6, 6.07) is 25.1. The lowest BCUT2D eigenvalue weighted by Crippen LogP contribution is -2.33. The molecule has 0 spiro atoms. The predicted molar refractivity (Wildman–Crippen MR) is 149 cm³/mol. The topological polar surface area (TPSA) is 40.6 Å². The number of hydrogen-bond donors (Lipinski definition) is 0. The van der Waals surface area contributed by atoms with Gasteiger partial charge in [-0.25, -0.2) is 0 Å². The summed E-state index contributed by atoms with van der Waals surface area (Å²) in [4.78, 5) is 29.6. The van der Waals surface area contributed by atoms with Crippen molar-refractivity contribution >= 4 is 12.1 Å². The molecular weight excluding hydrogens is 456 g/mol. The average molecular weight is 495 g/mol. The first kappa shape index (κ1) is 25.6. The molecule has 0 N–H and O–H groups in total. The fourth-order valence-electron chi connectivity index (χ4n) is 6.15. The maximum atomic E-state index is 13.2. The Bertz CT molecular complexity index is 1210. The lowest BCUT2D eigenvalue weighted by atomic mass is 9.89. The van der Waals surface area contributed by atoms with Crippen LogP contribution in [-0.4, -0.2) is 42.0 Å². The van der Waals surface area contributed by atoms with Crippen molar-refractivity contribution in [3.63, 3.8) is 0 Å². The third kappa shape index (κ3) is 6.26. The number of hydrogen-bond acceptors (Lipinski definition) is 4. The number of rotatable bonds is 8. The second kappa shape index (κ2) is 12.0. The Labute approximate surface area is 221 Å². The Morgan fingerprint density at radius 2 is 1.68 bits per heavy atom. The molecule has 37 heavy (non-hydrogen) atoms. The molecule has 2 heterocycles. The quantitative estimate of drug-likeness (QED) is 0.265. The van der Waals surface area contributed by atoms with E-state index in [0.29, 0.717) is 12.3 Å². The van der Waals surface area contributed by atoms with Gasteiger partial charge in [0.1, 0.15) is 6.29 Å². The molecule has 192 valence electrons. The van der Waals surface area contributed by atoms with Gasteiger partial charge < -0.3 is 0 Å². The highest BCUT2D eigenvalue weighted by atomic mass is 16.1. The van der Waals surface area contributed by atoms with E-state index in [1.165, 1.54) is 29.5 Å². The minimum atomic E-state index is 0.195. The van der Waals surface area contributed by atoms with Crippen molar-refractivity contribution < 1.29 is 9.59 Å². The molecule has 0 radical (unpaired) electrons. The first-order chi connectivity index (χ1) is 18.1. The summed E-state index contributed by atoms with van der Waals surface area (Å²) in [5, 5.41) is 0. The SMILES string of the molecule is CN1Cc2cc(C(=O)CCC3CCN(Cc4ccccc4)CC3)ccc2CCC1c1ccccc1C=O. The van der Waals surface area contributed by atoms with Crippen molar-refractivity contribution in [2.24, 2.45) is 5.92 Å². The van der Waals surface area contributed by atoms with E-state index in [4.69, 9.17) is 0 Å². The van der Waals surface area contributed by atoms with Gasteiger partial charge in [-0.3, -0.25) is 19.4 Å². The van der Waals surface area contributed by atoms with E-state index < -0.39 is 0 Å². The van der Waals surface area contributed by atoms with Crippen molar-refractivity contribution in [2.45, 2.75) is 57.7 Å². The number of likely N-dealkylation sites (tertiary alicyclic amines) is 1. The second-order valence-electron chi connectivity index (χ2n) is 10.9. The minimum Gasteiger partial charge on any atom is -0.299 e. The van der Waals surface area contributed by atoms with Crippen LogP contribution in [-0.2, 0) is 19.5 Å². The van der Waals surface area contributed by atoms with Crippen molar-refractivity contribution in [1.29, 1.82) is 0 Å². The molecule has 1 saturated heterocycles. The van der Waals surface area contributed by atoms with Crippen molar-refractivity contribution in [1.82, 2.24) is 9.80 Å². The molecule has 1 fully saturated rings. The van der Waals surface area contributed by atoms with Crippen LogP contribution in [0.25, 0.3) is 0 Å². The number of carbonyl (C=O) groups excluding carboxylic acids is 2. The number of ketones is 1. The van der Waals surface area contributed by atoms with Gasteiger partial charge in [0, 0.05) is 36.7 Å². The Balaban J connectivity index is 1.15. The molecule has 1 atom stereocenters. The average Bonchev–Trinajstić information content (AvgIpc) is 3.10. The van der Waals surface area contributed by atoms with Gasteiger partial charge in [0.25, 0.3) is 0 Å². The van der Waals surface area contributed by atoms with Crippen LogP contribution in [0.2, 0.25) is 0 Å². The van der Waals surface area contributed by atoms with E-state index in [-0.39, 0.29) is 11.8 Å². The third-order valence-corrected chi connectivity index (χ3v) is 8.38. The zero-order valence-corrected chi connectivity index (χ0v) is 21.9. The number of fused-ring (bicyclic) bond motifs is 1. The zero-order valence-electron chi connectivity index (χ0n) is 21.9. The molecule has 5 rings (SSSR count). The largest absolute Gasteiger partial charge is 0.299 e. The molecule has 0 aliphatic carbocycles. The molecule has 4 heteroatoms. The summed E-state index contributed by atoms with van der Waals surface area (Å²) in [7, 11) is 2.13. The first-order valence-corrected chi connectivity index (χ1v) is 13.8. The van der Waals surface area contributed by atoms with Crippen molar-refractivity contribution in [3.05, 3.63) is 106 Å². The maximum absolute atomic E-state index is 13.2. The number of Topliss-reactive ketones (excluding diaryl/α,β-unsaturated/α-hetero) is 1. The van der Waals surface area contributed by atoms with Crippen LogP contribution >= 0.6 is 0 Å². The highest BCUT2D eigenvalue weighted by Gasteiger charge is 2.25. The van der Waals surface area contributed by atoms with Gasteiger partial charge in [0.2, 0.25) is 0 Å². The second-order valence-corrected chi connectivity index (χ2v) is 10.9. The number of benzene rings is 3. The normalized spacial score (nSPS) is 19.2. The maximum Gasteiger partial charge on any atom is 0.162 e. The Morgan fingerprint density at radius 1 is 0.919 bits per heavy atom. The van der Waals surface area contributed by atoms with Gasteiger partial charge in [0.05, 0.1) is 0 Å². The first-order valence-electron chi connectivity index (χ1n) is 13.8. The van der Waals surface area contributed by atoms with E-state index in [2.05, 4.69) is 65.4 Å². The smallest absolute Gasteiger partial charge is 0.162 e. The molecule has 3 aromatic rings. The number of nitrogens with zero attached hydrogens (tertiary/aromatic N) is 2. The molecule has 2 aliphatic heterocycles. The highest BCUT2D eigenvalue weighted by molar-refractivity contribution is 5.96. The zero-order chi connectivity index (χ0) is 25.6. The molecule has 0 bridgehead atoms. The number of carbonyl (C=O) groups is 2. The van der Waals surface area contributed by atoms with Crippen molar-refractivity contribution in [3.8, 4) is 0 Å². The van der Waals surface area contributed by atoms with E-state index in [1.807, 2.05) is 24.3 Å². The summed E-state index contributed by atoms with van der Waals surface area (Å²) < 4.78 is 0. The van der Waals surface area contributed by atoms with E-state index in [9.17, 15) is 9.59 Å². The summed E-state index contributed by atoms with van der Waals surface area (Å²) in [5.41, 5.74) is 6.66. The number of aryl methyl sites for hydroxylation is 1. The fraction of sp³-hybridized carbons (Fsp3) is 0.394.